The SMILES string of the molecule is C1=CC23CC2(C=C1)N(c1ccc(-c2ccc(-n4c5ccccc5c5ccccc54)cc2)cc1)c1ccccc13. The van der Waals surface area contributed by atoms with E-state index in [1.807, 2.05) is 0 Å². The summed E-state index contributed by atoms with van der Waals surface area (Å²) in [5, 5.41) is 2.58. The van der Waals surface area contributed by atoms with E-state index in [0.29, 0.717) is 0 Å². The lowest BCUT2D eigenvalue weighted by Crippen LogP contribution is -2.33. The Morgan fingerprint density at radius 2 is 1.08 bits per heavy atom. The van der Waals surface area contributed by atoms with E-state index in [1.165, 1.54) is 55.6 Å². The lowest BCUT2D eigenvalue weighted by Gasteiger charge is -2.30. The molecule has 0 bridgehead atoms. The van der Waals surface area contributed by atoms with Crippen LogP contribution < -0.4 is 4.90 Å². The highest BCUT2D eigenvalue weighted by Crippen LogP contribution is 2.72. The first-order valence-electron chi connectivity index (χ1n) is 13.8. The summed E-state index contributed by atoms with van der Waals surface area (Å²) in [4.78, 5) is 2.57. The predicted molar refractivity (Wildman–Crippen MR) is 162 cm³/mol. The Bertz CT molecular complexity index is 1940. The Morgan fingerprint density at radius 1 is 0.513 bits per heavy atom. The minimum Gasteiger partial charge on any atom is -0.330 e. The first kappa shape index (κ1) is 21.2. The third-order valence-corrected chi connectivity index (χ3v) is 9.25. The van der Waals surface area contributed by atoms with Crippen molar-refractivity contribution in [3.63, 3.8) is 0 Å². The van der Waals surface area contributed by atoms with Gasteiger partial charge in [-0.2, -0.15) is 0 Å². The van der Waals surface area contributed by atoms with Crippen molar-refractivity contribution in [1.82, 2.24) is 4.57 Å². The van der Waals surface area contributed by atoms with E-state index in [2.05, 4.69) is 155 Å². The molecular formula is C37H26N2. The van der Waals surface area contributed by atoms with Gasteiger partial charge in [0.2, 0.25) is 0 Å². The smallest absolute Gasteiger partial charge is 0.0782 e. The van der Waals surface area contributed by atoms with Gasteiger partial charge in [-0.15, -0.1) is 0 Å². The predicted octanol–water partition coefficient (Wildman–Crippen LogP) is 9.11. The number of allylic oxidation sites excluding steroid dienone is 2. The van der Waals surface area contributed by atoms with E-state index in [1.54, 1.807) is 0 Å². The highest BCUT2D eigenvalue weighted by Gasteiger charge is 2.74. The standard InChI is InChI=1S/C37H26N2/c1-4-12-33-30(9-1)31-10-2-5-13-34(31)38(33)28-19-15-26(16-20-28)27-17-21-29(22-18-27)39-35-14-6-3-11-32(35)36-23-7-8-24-37(36,39)25-36/h1-24H,25H2. The molecule has 2 nitrogen and oxygen atoms in total. The first-order chi connectivity index (χ1) is 19.3. The number of nitrogens with zero attached hydrogens (tertiary/aromatic N) is 2. The highest BCUT2D eigenvalue weighted by molar-refractivity contribution is 6.09. The molecule has 5 aromatic carbocycles. The van der Waals surface area contributed by atoms with Gasteiger partial charge in [0, 0.05) is 33.2 Å². The van der Waals surface area contributed by atoms with Gasteiger partial charge in [0.15, 0.2) is 0 Å². The monoisotopic (exact) mass is 498 g/mol. The Labute approximate surface area is 227 Å². The van der Waals surface area contributed by atoms with Crippen LogP contribution in [0.25, 0.3) is 38.6 Å². The number of aromatic nitrogens is 1. The molecule has 6 aromatic rings. The first-order valence-corrected chi connectivity index (χ1v) is 13.8. The molecule has 39 heavy (non-hydrogen) atoms. The van der Waals surface area contributed by atoms with E-state index in [4.69, 9.17) is 0 Å². The van der Waals surface area contributed by atoms with Crippen LogP contribution in [0.3, 0.4) is 0 Å². The molecular weight excluding hydrogens is 472 g/mol. The molecule has 0 N–H and O–H groups in total. The molecule has 1 saturated carbocycles. The number of anilines is 2. The summed E-state index contributed by atoms with van der Waals surface area (Å²) in [7, 11) is 0. The van der Waals surface area contributed by atoms with Crippen LogP contribution in [0.15, 0.2) is 146 Å². The molecule has 9 rings (SSSR count). The molecule has 0 radical (unpaired) electrons. The van der Waals surface area contributed by atoms with Crippen LogP contribution in [0.5, 0.6) is 0 Å². The molecule has 3 aliphatic rings. The fourth-order valence-corrected chi connectivity index (χ4v) is 7.43. The lowest BCUT2D eigenvalue weighted by molar-refractivity contribution is 0.740. The van der Waals surface area contributed by atoms with Crippen molar-refractivity contribution in [2.45, 2.75) is 17.4 Å². The van der Waals surface area contributed by atoms with Gasteiger partial charge < -0.3 is 9.47 Å². The topological polar surface area (TPSA) is 8.17 Å². The maximum Gasteiger partial charge on any atom is 0.0782 e. The summed E-state index contributed by atoms with van der Waals surface area (Å²) in [6.07, 6.45) is 10.4. The molecule has 1 aliphatic heterocycles. The summed E-state index contributed by atoms with van der Waals surface area (Å²) in [5.41, 5.74) is 10.3. The minimum atomic E-state index is 0.0386. The van der Waals surface area contributed by atoms with E-state index >= 15 is 0 Å². The zero-order valence-electron chi connectivity index (χ0n) is 21.5. The summed E-state index contributed by atoms with van der Waals surface area (Å²) < 4.78 is 2.37. The van der Waals surface area contributed by atoms with Gasteiger partial charge in [-0.3, -0.25) is 0 Å². The van der Waals surface area contributed by atoms with Gasteiger partial charge in [-0.05, 0) is 65.6 Å². The number of hydrogen-bond donors (Lipinski definition) is 0. The lowest BCUT2D eigenvalue weighted by atomic mass is 9.90. The van der Waals surface area contributed by atoms with Crippen LogP contribution in [-0.4, -0.2) is 10.1 Å². The maximum absolute atomic E-state index is 2.57. The van der Waals surface area contributed by atoms with E-state index in [9.17, 15) is 0 Å². The van der Waals surface area contributed by atoms with Crippen molar-refractivity contribution in [3.8, 4) is 16.8 Å². The number of fused-ring (bicyclic) bond motifs is 4. The van der Waals surface area contributed by atoms with Gasteiger partial charge in [0.1, 0.15) is 0 Å². The van der Waals surface area contributed by atoms with Crippen LogP contribution in [0.4, 0.5) is 11.4 Å². The molecule has 2 heterocycles. The fourth-order valence-electron chi connectivity index (χ4n) is 7.43. The third-order valence-electron chi connectivity index (χ3n) is 9.25. The Morgan fingerprint density at radius 3 is 1.77 bits per heavy atom. The van der Waals surface area contributed by atoms with Gasteiger partial charge in [0.25, 0.3) is 0 Å². The van der Waals surface area contributed by atoms with Gasteiger partial charge in [-0.25, -0.2) is 0 Å². The van der Waals surface area contributed by atoms with Gasteiger partial charge in [-0.1, -0.05) is 103 Å². The quantitative estimate of drug-likeness (QED) is 0.236. The Kier molecular flexibility index (Phi) is 4.01. The molecule has 2 atom stereocenters. The van der Waals surface area contributed by atoms with Crippen molar-refractivity contribution < 1.29 is 0 Å². The second kappa shape index (κ2) is 7.39. The summed E-state index contributed by atoms with van der Waals surface area (Å²) in [6.45, 7) is 0. The van der Waals surface area contributed by atoms with Crippen molar-refractivity contribution in [3.05, 3.63) is 151 Å². The van der Waals surface area contributed by atoms with Crippen LogP contribution in [0.1, 0.15) is 12.0 Å². The zero-order chi connectivity index (χ0) is 25.6. The van der Waals surface area contributed by atoms with E-state index in [-0.39, 0.29) is 11.0 Å². The average molecular weight is 499 g/mol. The molecule has 0 spiro atoms. The van der Waals surface area contributed by atoms with Gasteiger partial charge in [0.05, 0.1) is 16.6 Å². The van der Waals surface area contributed by atoms with Gasteiger partial charge >= 0.3 is 0 Å². The summed E-state index contributed by atoms with van der Waals surface area (Å²) in [6, 6.07) is 44.4. The number of para-hydroxylation sites is 3. The number of benzene rings is 5. The normalized spacial score (nSPS) is 22.2. The summed E-state index contributed by atoms with van der Waals surface area (Å²) in [5.74, 6) is 0. The number of hydrogen-bond acceptors (Lipinski definition) is 1. The zero-order valence-corrected chi connectivity index (χ0v) is 21.5. The largest absolute Gasteiger partial charge is 0.330 e. The van der Waals surface area contributed by atoms with Crippen LogP contribution in [0.2, 0.25) is 0 Å². The van der Waals surface area contributed by atoms with Crippen molar-refractivity contribution in [1.29, 1.82) is 0 Å². The summed E-state index contributed by atoms with van der Waals surface area (Å²) >= 11 is 0. The van der Waals surface area contributed by atoms with Crippen LogP contribution in [0, 0.1) is 0 Å². The molecule has 2 heteroatoms. The molecule has 1 fully saturated rings. The third kappa shape index (κ3) is 2.66. The average Bonchev–Trinajstić information content (AvgIpc) is 3.49. The second-order valence-electron chi connectivity index (χ2n) is 11.1. The second-order valence-corrected chi connectivity index (χ2v) is 11.1. The Balaban J connectivity index is 1.08. The van der Waals surface area contributed by atoms with E-state index < -0.39 is 0 Å². The minimum absolute atomic E-state index is 0.0386. The maximum atomic E-state index is 2.57. The fraction of sp³-hybridized carbons (Fsp3) is 0.0811. The highest BCUT2D eigenvalue weighted by atomic mass is 15.3. The van der Waals surface area contributed by atoms with Crippen molar-refractivity contribution >= 4 is 33.2 Å². The van der Waals surface area contributed by atoms with Crippen molar-refractivity contribution in [2.75, 3.05) is 4.90 Å². The van der Waals surface area contributed by atoms with Crippen LogP contribution >= 0.6 is 0 Å². The van der Waals surface area contributed by atoms with E-state index in [0.717, 1.165) is 6.42 Å². The Hall–Kier alpha value is -4.82. The molecule has 2 unspecified atom stereocenters. The molecule has 0 amide bonds. The molecule has 1 aromatic heterocycles. The molecule has 184 valence electrons. The molecule has 0 saturated heterocycles. The van der Waals surface area contributed by atoms with Crippen LogP contribution in [-0.2, 0) is 5.41 Å². The number of rotatable bonds is 3. The van der Waals surface area contributed by atoms with Crippen molar-refractivity contribution in [2.24, 2.45) is 0 Å². The molecule has 2 aliphatic carbocycles.